The topological polar surface area (TPSA) is 72.2 Å². The molecule has 1 atom stereocenters. The second kappa shape index (κ2) is 5.05. The Morgan fingerprint density at radius 2 is 2.41 bits per heavy atom. The Bertz CT molecular complexity index is 439. The third-order valence-corrected chi connectivity index (χ3v) is 4.15. The molecule has 8 heteroatoms. The Labute approximate surface area is 108 Å². The third kappa shape index (κ3) is 2.44. The van der Waals surface area contributed by atoms with Crippen molar-refractivity contribution in [2.24, 2.45) is 0 Å². The zero-order chi connectivity index (χ0) is 12.4. The molecule has 1 unspecified atom stereocenters. The summed E-state index contributed by atoms with van der Waals surface area (Å²) < 4.78 is 0. The van der Waals surface area contributed by atoms with Crippen LogP contribution in [0.1, 0.15) is 6.42 Å². The maximum Gasteiger partial charge on any atom is 0.348 e. The first-order chi connectivity index (χ1) is 8.11. The lowest BCUT2D eigenvalue weighted by molar-refractivity contribution is -0.384. The summed E-state index contributed by atoms with van der Waals surface area (Å²) in [6.07, 6.45) is 2.25. The van der Waals surface area contributed by atoms with Crippen LogP contribution in [0.15, 0.2) is 6.33 Å². The van der Waals surface area contributed by atoms with E-state index in [9.17, 15) is 10.1 Å². The summed E-state index contributed by atoms with van der Waals surface area (Å²) in [5.74, 6) is 2.32. The molecule has 0 aliphatic carbocycles. The molecule has 92 valence electrons. The number of rotatable bonds is 3. The quantitative estimate of drug-likeness (QED) is 0.477. The number of aromatic nitrogens is 2. The fourth-order valence-corrected chi connectivity index (χ4v) is 3.23. The van der Waals surface area contributed by atoms with Gasteiger partial charge in [-0.3, -0.25) is 10.1 Å². The normalized spacial score (nSPS) is 19.3. The molecule has 0 N–H and O–H groups in total. The molecule has 1 aliphatic heterocycles. The molecule has 0 bridgehead atoms. The van der Waals surface area contributed by atoms with Crippen molar-refractivity contribution in [1.82, 2.24) is 9.97 Å². The van der Waals surface area contributed by atoms with Crippen molar-refractivity contribution >= 4 is 34.9 Å². The van der Waals surface area contributed by atoms with E-state index in [0.29, 0.717) is 5.82 Å². The van der Waals surface area contributed by atoms with Gasteiger partial charge in [0.05, 0.1) is 4.92 Å². The van der Waals surface area contributed by atoms with Gasteiger partial charge >= 0.3 is 5.69 Å². The maximum atomic E-state index is 11.0. The first-order valence-electron chi connectivity index (χ1n) is 5.06. The number of nitrogens with zero attached hydrogens (tertiary/aromatic N) is 4. The molecule has 1 aliphatic rings. The van der Waals surface area contributed by atoms with Gasteiger partial charge in [0.1, 0.15) is 6.33 Å². The third-order valence-electron chi connectivity index (χ3n) is 2.73. The van der Waals surface area contributed by atoms with Crippen molar-refractivity contribution < 1.29 is 4.92 Å². The number of thioether (sulfide) groups is 1. The molecule has 0 spiro atoms. The highest BCUT2D eigenvalue weighted by Crippen LogP contribution is 2.34. The SMILES string of the molecule is CN(c1ncnc(Cl)c1[N+](=O)[O-])C1CCSC1. The van der Waals surface area contributed by atoms with E-state index in [1.54, 1.807) is 0 Å². The van der Waals surface area contributed by atoms with E-state index in [0.717, 1.165) is 17.9 Å². The molecular weight excluding hydrogens is 264 g/mol. The van der Waals surface area contributed by atoms with Crippen LogP contribution in [-0.4, -0.2) is 39.5 Å². The number of nitro groups is 1. The van der Waals surface area contributed by atoms with Gasteiger partial charge in [-0.25, -0.2) is 9.97 Å². The smallest absolute Gasteiger partial charge is 0.348 e. The van der Waals surface area contributed by atoms with Gasteiger partial charge in [-0.05, 0) is 12.2 Å². The van der Waals surface area contributed by atoms with Crippen LogP contribution in [0.2, 0.25) is 5.15 Å². The van der Waals surface area contributed by atoms with Crippen molar-refractivity contribution in [3.8, 4) is 0 Å². The van der Waals surface area contributed by atoms with E-state index in [1.165, 1.54) is 6.33 Å². The number of halogens is 1. The highest BCUT2D eigenvalue weighted by Gasteiger charge is 2.29. The highest BCUT2D eigenvalue weighted by atomic mass is 35.5. The zero-order valence-corrected chi connectivity index (χ0v) is 10.7. The van der Waals surface area contributed by atoms with Crippen molar-refractivity contribution in [3.63, 3.8) is 0 Å². The second-order valence-electron chi connectivity index (χ2n) is 3.72. The molecule has 1 aromatic heterocycles. The molecule has 0 radical (unpaired) electrons. The molecule has 1 saturated heterocycles. The van der Waals surface area contributed by atoms with Crippen LogP contribution in [0.25, 0.3) is 0 Å². The van der Waals surface area contributed by atoms with Crippen LogP contribution in [0.4, 0.5) is 11.5 Å². The minimum Gasteiger partial charge on any atom is -0.350 e. The monoisotopic (exact) mass is 274 g/mol. The van der Waals surface area contributed by atoms with Crippen molar-refractivity contribution in [1.29, 1.82) is 0 Å². The Kier molecular flexibility index (Phi) is 3.68. The predicted molar refractivity (Wildman–Crippen MR) is 67.8 cm³/mol. The summed E-state index contributed by atoms with van der Waals surface area (Å²) in [5.41, 5.74) is -0.214. The summed E-state index contributed by atoms with van der Waals surface area (Å²) in [6, 6.07) is 0.268. The molecule has 1 aromatic rings. The zero-order valence-electron chi connectivity index (χ0n) is 9.17. The first-order valence-corrected chi connectivity index (χ1v) is 6.60. The largest absolute Gasteiger partial charge is 0.350 e. The van der Waals surface area contributed by atoms with Gasteiger partial charge in [0.25, 0.3) is 0 Å². The Hall–Kier alpha value is -1.08. The summed E-state index contributed by atoms with van der Waals surface area (Å²) in [5, 5.41) is 10.9. The molecule has 6 nitrogen and oxygen atoms in total. The van der Waals surface area contributed by atoms with E-state index in [1.807, 2.05) is 23.7 Å². The molecule has 0 aromatic carbocycles. The summed E-state index contributed by atoms with van der Waals surface area (Å²) in [7, 11) is 1.81. The van der Waals surface area contributed by atoms with E-state index < -0.39 is 4.92 Å². The predicted octanol–water partition coefficient (Wildman–Crippen LogP) is 1.98. The molecule has 2 heterocycles. The number of anilines is 1. The van der Waals surface area contributed by atoms with Gasteiger partial charge in [0.15, 0.2) is 0 Å². The number of hydrogen-bond acceptors (Lipinski definition) is 6. The fourth-order valence-electron chi connectivity index (χ4n) is 1.76. The van der Waals surface area contributed by atoms with Crippen LogP contribution in [-0.2, 0) is 0 Å². The standard InChI is InChI=1S/C9H11ClN4O2S/c1-13(6-2-3-17-4-6)9-7(14(15)16)8(10)11-5-12-9/h5-6H,2-4H2,1H3. The van der Waals surface area contributed by atoms with Gasteiger partial charge < -0.3 is 4.90 Å². The van der Waals surface area contributed by atoms with E-state index in [4.69, 9.17) is 11.6 Å². The van der Waals surface area contributed by atoms with Crippen LogP contribution in [0.5, 0.6) is 0 Å². The first kappa shape index (κ1) is 12.4. The van der Waals surface area contributed by atoms with Gasteiger partial charge in [-0.1, -0.05) is 11.6 Å². The average molecular weight is 275 g/mol. The summed E-state index contributed by atoms with van der Waals surface area (Å²) in [4.78, 5) is 19.9. The van der Waals surface area contributed by atoms with Gasteiger partial charge in [-0.2, -0.15) is 11.8 Å². The van der Waals surface area contributed by atoms with E-state index >= 15 is 0 Å². The Morgan fingerprint density at radius 1 is 1.65 bits per heavy atom. The van der Waals surface area contributed by atoms with Crippen LogP contribution >= 0.6 is 23.4 Å². The van der Waals surface area contributed by atoms with Crippen LogP contribution < -0.4 is 4.90 Å². The molecular formula is C9H11ClN4O2S. The van der Waals surface area contributed by atoms with Crippen molar-refractivity contribution in [3.05, 3.63) is 21.6 Å². The molecule has 0 amide bonds. The highest BCUT2D eigenvalue weighted by molar-refractivity contribution is 7.99. The van der Waals surface area contributed by atoms with Crippen molar-refractivity contribution in [2.75, 3.05) is 23.5 Å². The summed E-state index contributed by atoms with van der Waals surface area (Å²) in [6.45, 7) is 0. The minimum absolute atomic E-state index is 0.113. The van der Waals surface area contributed by atoms with Gasteiger partial charge in [-0.15, -0.1) is 0 Å². The Balaban J connectivity index is 2.36. The lowest BCUT2D eigenvalue weighted by Crippen LogP contribution is -2.32. The fraction of sp³-hybridized carbons (Fsp3) is 0.556. The molecule has 17 heavy (non-hydrogen) atoms. The summed E-state index contributed by atoms with van der Waals surface area (Å²) >= 11 is 7.59. The minimum atomic E-state index is -0.531. The molecule has 0 saturated carbocycles. The van der Waals surface area contributed by atoms with Gasteiger partial charge in [0, 0.05) is 18.8 Å². The average Bonchev–Trinajstić information content (AvgIpc) is 2.80. The van der Waals surface area contributed by atoms with Gasteiger partial charge in [0.2, 0.25) is 11.0 Å². The van der Waals surface area contributed by atoms with E-state index in [2.05, 4.69) is 9.97 Å². The lowest BCUT2D eigenvalue weighted by Gasteiger charge is -2.24. The second-order valence-corrected chi connectivity index (χ2v) is 5.23. The molecule has 2 rings (SSSR count). The van der Waals surface area contributed by atoms with E-state index in [-0.39, 0.29) is 16.9 Å². The van der Waals surface area contributed by atoms with Crippen LogP contribution in [0, 0.1) is 10.1 Å². The van der Waals surface area contributed by atoms with Crippen molar-refractivity contribution in [2.45, 2.75) is 12.5 Å². The van der Waals surface area contributed by atoms with Crippen LogP contribution in [0.3, 0.4) is 0 Å². The lowest BCUT2D eigenvalue weighted by atomic mass is 10.2. The maximum absolute atomic E-state index is 11.0. The number of hydrogen-bond donors (Lipinski definition) is 0. The Morgan fingerprint density at radius 3 is 3.00 bits per heavy atom. The molecule has 1 fully saturated rings.